The highest BCUT2D eigenvalue weighted by molar-refractivity contribution is 6.01. The molecule has 1 aromatic rings. The Morgan fingerprint density at radius 2 is 2.00 bits per heavy atom. The number of hydrogen-bond acceptors (Lipinski definition) is 4. The summed E-state index contributed by atoms with van der Waals surface area (Å²) in [6.07, 6.45) is 1.00. The van der Waals surface area contributed by atoms with Crippen molar-refractivity contribution in [3.8, 4) is 0 Å². The summed E-state index contributed by atoms with van der Waals surface area (Å²) < 4.78 is 0. The molecular formula is C9H10N4O2. The maximum atomic E-state index is 10.4. The molecule has 15 heavy (non-hydrogen) atoms. The second kappa shape index (κ2) is 4.32. The number of nitro benzene ring substituents is 1. The number of nitro groups is 1. The van der Waals surface area contributed by atoms with Crippen LogP contribution in [0.5, 0.6) is 0 Å². The fourth-order valence-corrected chi connectivity index (χ4v) is 1.01. The molecule has 1 aromatic carbocycles. The molecule has 78 valence electrons. The van der Waals surface area contributed by atoms with Crippen molar-refractivity contribution in [2.75, 3.05) is 7.05 Å². The third-order valence-corrected chi connectivity index (χ3v) is 1.90. The predicted molar refractivity (Wildman–Crippen MR) is 56.5 cm³/mol. The molecule has 0 radical (unpaired) electrons. The van der Waals surface area contributed by atoms with E-state index in [4.69, 9.17) is 10.8 Å². The Labute approximate surface area is 86.3 Å². The SMILES string of the molecule is CN(C=N)C(=N)c1ccc([N+](=O)[O-])cc1. The zero-order chi connectivity index (χ0) is 11.4. The zero-order valence-electron chi connectivity index (χ0n) is 8.10. The van der Waals surface area contributed by atoms with Crippen LogP contribution in [-0.4, -0.2) is 29.0 Å². The third kappa shape index (κ3) is 2.37. The molecule has 0 saturated heterocycles. The van der Waals surface area contributed by atoms with Gasteiger partial charge >= 0.3 is 0 Å². The smallest absolute Gasteiger partial charge is 0.269 e. The lowest BCUT2D eigenvalue weighted by atomic mass is 10.2. The van der Waals surface area contributed by atoms with Crippen LogP contribution in [-0.2, 0) is 0 Å². The molecule has 0 bridgehead atoms. The lowest BCUT2D eigenvalue weighted by Gasteiger charge is -2.12. The van der Waals surface area contributed by atoms with Gasteiger partial charge in [0.1, 0.15) is 5.84 Å². The Balaban J connectivity index is 2.94. The highest BCUT2D eigenvalue weighted by atomic mass is 16.6. The van der Waals surface area contributed by atoms with Crippen molar-refractivity contribution in [3.63, 3.8) is 0 Å². The van der Waals surface area contributed by atoms with Crippen LogP contribution in [0, 0.1) is 20.9 Å². The zero-order valence-corrected chi connectivity index (χ0v) is 8.10. The number of non-ortho nitro benzene ring substituents is 1. The number of rotatable bonds is 3. The monoisotopic (exact) mass is 206 g/mol. The van der Waals surface area contributed by atoms with Crippen LogP contribution in [0.25, 0.3) is 0 Å². The van der Waals surface area contributed by atoms with E-state index in [1.807, 2.05) is 0 Å². The maximum Gasteiger partial charge on any atom is 0.269 e. The van der Waals surface area contributed by atoms with E-state index in [2.05, 4.69) is 0 Å². The molecule has 2 N–H and O–H groups in total. The van der Waals surface area contributed by atoms with Crippen LogP contribution in [0.1, 0.15) is 5.56 Å². The Morgan fingerprint density at radius 1 is 1.47 bits per heavy atom. The van der Waals surface area contributed by atoms with Crippen LogP contribution in [0.3, 0.4) is 0 Å². The molecule has 0 amide bonds. The van der Waals surface area contributed by atoms with Gasteiger partial charge in [0, 0.05) is 24.7 Å². The Bertz CT molecular complexity index is 399. The number of amidine groups is 1. The average molecular weight is 206 g/mol. The Hall–Kier alpha value is -2.24. The van der Waals surface area contributed by atoms with E-state index in [9.17, 15) is 10.1 Å². The van der Waals surface area contributed by atoms with Crippen molar-refractivity contribution >= 4 is 17.9 Å². The fraction of sp³-hybridized carbons (Fsp3) is 0.111. The summed E-state index contributed by atoms with van der Waals surface area (Å²) >= 11 is 0. The van der Waals surface area contributed by atoms with E-state index in [0.717, 1.165) is 6.34 Å². The number of benzene rings is 1. The summed E-state index contributed by atoms with van der Waals surface area (Å²) in [7, 11) is 1.57. The van der Waals surface area contributed by atoms with Crippen molar-refractivity contribution < 1.29 is 4.92 Å². The summed E-state index contributed by atoms with van der Waals surface area (Å²) in [5, 5.41) is 24.9. The maximum absolute atomic E-state index is 10.4. The molecule has 6 heteroatoms. The predicted octanol–water partition coefficient (Wildman–Crippen LogP) is 1.46. The Kier molecular flexibility index (Phi) is 3.12. The molecule has 0 atom stereocenters. The number of nitrogens with zero attached hydrogens (tertiary/aromatic N) is 2. The number of nitrogens with one attached hydrogen (secondary N) is 2. The minimum absolute atomic E-state index is 0.0101. The molecule has 6 nitrogen and oxygen atoms in total. The first-order valence-electron chi connectivity index (χ1n) is 4.13. The van der Waals surface area contributed by atoms with Gasteiger partial charge in [-0.25, -0.2) is 0 Å². The van der Waals surface area contributed by atoms with Gasteiger partial charge in [0.05, 0.1) is 11.3 Å². The van der Waals surface area contributed by atoms with E-state index >= 15 is 0 Å². The van der Waals surface area contributed by atoms with Gasteiger partial charge in [0.25, 0.3) is 5.69 Å². The minimum Gasteiger partial charge on any atom is -0.321 e. The van der Waals surface area contributed by atoms with E-state index < -0.39 is 4.92 Å². The minimum atomic E-state index is -0.492. The first-order valence-corrected chi connectivity index (χ1v) is 4.13. The summed E-state index contributed by atoms with van der Waals surface area (Å²) in [6, 6.07) is 5.64. The lowest BCUT2D eigenvalue weighted by molar-refractivity contribution is -0.384. The molecule has 0 spiro atoms. The summed E-state index contributed by atoms with van der Waals surface area (Å²) in [6.45, 7) is 0. The second-order valence-electron chi connectivity index (χ2n) is 2.89. The summed E-state index contributed by atoms with van der Waals surface area (Å²) in [5.74, 6) is 0.125. The lowest BCUT2D eigenvalue weighted by Crippen LogP contribution is -2.24. The molecule has 0 aliphatic heterocycles. The van der Waals surface area contributed by atoms with E-state index in [1.165, 1.54) is 29.2 Å². The molecular weight excluding hydrogens is 196 g/mol. The van der Waals surface area contributed by atoms with Gasteiger partial charge < -0.3 is 4.90 Å². The van der Waals surface area contributed by atoms with Gasteiger partial charge in [-0.15, -0.1) is 0 Å². The topological polar surface area (TPSA) is 94.1 Å². The van der Waals surface area contributed by atoms with Gasteiger partial charge in [0.2, 0.25) is 0 Å². The van der Waals surface area contributed by atoms with Crippen molar-refractivity contribution in [2.45, 2.75) is 0 Å². The van der Waals surface area contributed by atoms with Crippen molar-refractivity contribution in [3.05, 3.63) is 39.9 Å². The van der Waals surface area contributed by atoms with Crippen LogP contribution >= 0.6 is 0 Å². The number of hydrogen-bond donors (Lipinski definition) is 2. The average Bonchev–Trinajstić information content (AvgIpc) is 2.27. The van der Waals surface area contributed by atoms with Crippen LogP contribution < -0.4 is 0 Å². The fourth-order valence-electron chi connectivity index (χ4n) is 1.01. The van der Waals surface area contributed by atoms with Crippen molar-refractivity contribution in [2.24, 2.45) is 0 Å². The molecule has 0 fully saturated rings. The summed E-state index contributed by atoms with van der Waals surface area (Å²) in [4.78, 5) is 11.2. The van der Waals surface area contributed by atoms with E-state index in [-0.39, 0.29) is 11.5 Å². The van der Waals surface area contributed by atoms with Crippen LogP contribution in [0.15, 0.2) is 24.3 Å². The van der Waals surface area contributed by atoms with Gasteiger partial charge in [-0.1, -0.05) is 0 Å². The van der Waals surface area contributed by atoms with E-state index in [0.29, 0.717) is 5.56 Å². The molecule has 0 aliphatic rings. The molecule has 0 aliphatic carbocycles. The van der Waals surface area contributed by atoms with E-state index in [1.54, 1.807) is 7.05 Å². The molecule has 0 saturated carbocycles. The van der Waals surface area contributed by atoms with Gasteiger partial charge in [-0.2, -0.15) is 0 Å². The quantitative estimate of drug-likeness (QED) is 0.339. The first kappa shape index (κ1) is 10.8. The first-order chi connectivity index (χ1) is 7.06. The third-order valence-electron chi connectivity index (χ3n) is 1.90. The summed E-state index contributed by atoms with van der Waals surface area (Å²) in [5.41, 5.74) is 0.524. The standard InChI is InChI=1S/C9H10N4O2/c1-12(6-10)9(11)7-2-4-8(5-3-7)13(14)15/h2-6,10-11H,1H3. The van der Waals surface area contributed by atoms with Gasteiger partial charge in [-0.05, 0) is 12.1 Å². The van der Waals surface area contributed by atoms with Crippen molar-refractivity contribution in [1.82, 2.24) is 4.90 Å². The normalized spacial score (nSPS) is 9.40. The van der Waals surface area contributed by atoms with Crippen molar-refractivity contribution in [1.29, 1.82) is 10.8 Å². The second-order valence-corrected chi connectivity index (χ2v) is 2.89. The highest BCUT2D eigenvalue weighted by Gasteiger charge is 2.08. The van der Waals surface area contributed by atoms with Gasteiger partial charge in [-0.3, -0.25) is 20.9 Å². The molecule has 0 aromatic heterocycles. The van der Waals surface area contributed by atoms with Crippen LogP contribution in [0.4, 0.5) is 5.69 Å². The molecule has 0 unspecified atom stereocenters. The molecule has 1 rings (SSSR count). The van der Waals surface area contributed by atoms with Crippen LogP contribution in [0.2, 0.25) is 0 Å². The molecule has 0 heterocycles. The largest absolute Gasteiger partial charge is 0.321 e. The highest BCUT2D eigenvalue weighted by Crippen LogP contribution is 2.12. The Morgan fingerprint density at radius 3 is 2.40 bits per heavy atom. The van der Waals surface area contributed by atoms with Gasteiger partial charge in [0.15, 0.2) is 0 Å².